The first-order valence-corrected chi connectivity index (χ1v) is 8.68. The summed E-state index contributed by atoms with van der Waals surface area (Å²) in [7, 11) is 0. The molecule has 0 aliphatic heterocycles. The van der Waals surface area contributed by atoms with Crippen molar-refractivity contribution in [2.75, 3.05) is 0 Å². The molecule has 3 rings (SSSR count). The molecule has 3 aromatic rings. The third kappa shape index (κ3) is 3.84. The van der Waals surface area contributed by atoms with Crippen molar-refractivity contribution in [3.8, 4) is 16.5 Å². The van der Waals surface area contributed by atoms with Crippen molar-refractivity contribution in [1.29, 1.82) is 0 Å². The monoisotopic (exact) mass is 395 g/mol. The number of amides is 1. The van der Waals surface area contributed by atoms with E-state index < -0.39 is 17.2 Å². The molecule has 0 fully saturated rings. The van der Waals surface area contributed by atoms with Gasteiger partial charge in [0.15, 0.2) is 11.5 Å². The minimum absolute atomic E-state index is 0.0699. The van der Waals surface area contributed by atoms with Gasteiger partial charge in [0.1, 0.15) is 0 Å². The van der Waals surface area contributed by atoms with Gasteiger partial charge in [-0.25, -0.2) is 4.98 Å². The number of hydrogen-bond acceptors (Lipinski definition) is 5. The summed E-state index contributed by atoms with van der Waals surface area (Å²) in [5.41, 5.74) is -0.542. The van der Waals surface area contributed by atoms with Crippen LogP contribution in [-0.4, -0.2) is 21.0 Å². The number of halogens is 2. The molecule has 1 amide bonds. The number of nitrogens with zero attached hydrogens (tertiary/aromatic N) is 1. The van der Waals surface area contributed by atoms with E-state index in [1.165, 1.54) is 11.3 Å². The highest BCUT2D eigenvalue weighted by atomic mass is 35.5. The Morgan fingerprint density at radius 3 is 2.84 bits per heavy atom. The molecule has 0 aliphatic carbocycles. The van der Waals surface area contributed by atoms with Crippen LogP contribution in [0, 0.1) is 0 Å². The van der Waals surface area contributed by atoms with Crippen LogP contribution in [-0.2, 0) is 6.54 Å². The second-order valence-corrected chi connectivity index (χ2v) is 6.80. The predicted octanol–water partition coefficient (Wildman–Crippen LogP) is 3.44. The van der Waals surface area contributed by atoms with Crippen LogP contribution in [0.1, 0.15) is 16.1 Å². The van der Waals surface area contributed by atoms with Crippen LogP contribution in [0.15, 0.2) is 40.5 Å². The molecule has 2 aromatic heterocycles. The van der Waals surface area contributed by atoms with E-state index >= 15 is 0 Å². The van der Waals surface area contributed by atoms with Crippen LogP contribution in [0.3, 0.4) is 0 Å². The van der Waals surface area contributed by atoms with Crippen LogP contribution >= 0.6 is 34.5 Å². The highest BCUT2D eigenvalue weighted by Crippen LogP contribution is 2.23. The summed E-state index contributed by atoms with van der Waals surface area (Å²) in [5.74, 6) is -1.23. The molecular formula is C16H11Cl2N3O3S. The zero-order valence-electron chi connectivity index (χ0n) is 12.5. The molecule has 0 saturated heterocycles. The lowest BCUT2D eigenvalue weighted by Gasteiger charge is -2.09. The third-order valence-electron chi connectivity index (χ3n) is 3.31. The Morgan fingerprint density at radius 1 is 1.32 bits per heavy atom. The second kappa shape index (κ2) is 7.26. The van der Waals surface area contributed by atoms with Crippen molar-refractivity contribution in [2.24, 2.45) is 0 Å². The van der Waals surface area contributed by atoms with Crippen molar-refractivity contribution >= 4 is 40.4 Å². The molecule has 6 nitrogen and oxygen atoms in total. The Balaban J connectivity index is 1.87. The van der Waals surface area contributed by atoms with Gasteiger partial charge in [0, 0.05) is 16.6 Å². The average Bonchev–Trinajstić information content (AvgIpc) is 3.12. The molecule has 0 unspecified atom stereocenters. The number of H-pyrrole nitrogens is 1. The van der Waals surface area contributed by atoms with Crippen LogP contribution in [0.2, 0.25) is 10.0 Å². The number of aromatic hydroxyl groups is 1. The summed E-state index contributed by atoms with van der Waals surface area (Å²) in [6.07, 6.45) is 0. The fourth-order valence-corrected chi connectivity index (χ4v) is 3.14. The smallest absolute Gasteiger partial charge is 0.294 e. The third-order valence-corrected chi connectivity index (χ3v) is 4.79. The van der Waals surface area contributed by atoms with E-state index in [-0.39, 0.29) is 18.1 Å². The fraction of sp³-hybridized carbons (Fsp3) is 0.0625. The first-order valence-electron chi connectivity index (χ1n) is 7.05. The summed E-state index contributed by atoms with van der Waals surface area (Å²) in [4.78, 5) is 31.4. The van der Waals surface area contributed by atoms with Gasteiger partial charge in [0.2, 0.25) is 5.75 Å². The lowest BCUT2D eigenvalue weighted by Crippen LogP contribution is -2.26. The Bertz CT molecular complexity index is 987. The van der Waals surface area contributed by atoms with Gasteiger partial charge in [-0.05, 0) is 35.2 Å². The summed E-state index contributed by atoms with van der Waals surface area (Å²) >= 11 is 13.3. The summed E-state index contributed by atoms with van der Waals surface area (Å²) in [6, 6.07) is 8.39. The predicted molar refractivity (Wildman–Crippen MR) is 97.5 cm³/mol. The minimum Gasteiger partial charge on any atom is -0.501 e. The molecule has 0 spiro atoms. The molecule has 1 aromatic carbocycles. The number of aromatic amines is 1. The van der Waals surface area contributed by atoms with E-state index in [2.05, 4.69) is 15.3 Å². The number of carbonyl (C=O) groups excluding carboxylic acids is 1. The van der Waals surface area contributed by atoms with Crippen LogP contribution in [0.25, 0.3) is 10.7 Å². The second-order valence-electron chi connectivity index (χ2n) is 5.01. The van der Waals surface area contributed by atoms with Gasteiger partial charge in [-0.2, -0.15) is 0 Å². The molecule has 25 heavy (non-hydrogen) atoms. The Hall–Kier alpha value is -2.35. The van der Waals surface area contributed by atoms with Gasteiger partial charge in [0.25, 0.3) is 11.5 Å². The Kier molecular flexibility index (Phi) is 5.08. The van der Waals surface area contributed by atoms with Crippen molar-refractivity contribution in [3.05, 3.63) is 67.4 Å². The van der Waals surface area contributed by atoms with Crippen molar-refractivity contribution < 1.29 is 9.90 Å². The Morgan fingerprint density at radius 2 is 2.12 bits per heavy atom. The van der Waals surface area contributed by atoms with Gasteiger partial charge in [-0.3, -0.25) is 9.59 Å². The lowest BCUT2D eigenvalue weighted by molar-refractivity contribution is 0.0942. The number of benzene rings is 1. The van der Waals surface area contributed by atoms with Gasteiger partial charge in [-0.15, -0.1) is 11.3 Å². The summed E-state index contributed by atoms with van der Waals surface area (Å²) in [6.45, 7) is 0.0699. The largest absolute Gasteiger partial charge is 0.501 e. The number of carbonyl (C=O) groups is 1. The molecule has 0 atom stereocenters. The molecule has 0 aliphatic rings. The number of nitrogens with one attached hydrogen (secondary N) is 2. The zero-order valence-corrected chi connectivity index (χ0v) is 14.9. The molecule has 0 bridgehead atoms. The quantitative estimate of drug-likeness (QED) is 0.630. The maximum atomic E-state index is 12.4. The van der Waals surface area contributed by atoms with Crippen molar-refractivity contribution in [3.63, 3.8) is 0 Å². The molecule has 128 valence electrons. The molecule has 3 N–H and O–H groups in total. The van der Waals surface area contributed by atoms with E-state index in [9.17, 15) is 14.7 Å². The highest BCUT2D eigenvalue weighted by molar-refractivity contribution is 7.13. The van der Waals surface area contributed by atoms with E-state index in [0.717, 1.165) is 0 Å². The number of aromatic nitrogens is 2. The summed E-state index contributed by atoms with van der Waals surface area (Å²) in [5, 5.41) is 15.2. The zero-order chi connectivity index (χ0) is 18.0. The van der Waals surface area contributed by atoms with Crippen molar-refractivity contribution in [2.45, 2.75) is 6.54 Å². The molecular weight excluding hydrogens is 385 g/mol. The van der Waals surface area contributed by atoms with E-state index in [1.807, 2.05) is 5.38 Å². The van der Waals surface area contributed by atoms with Gasteiger partial charge >= 0.3 is 0 Å². The normalized spacial score (nSPS) is 10.6. The van der Waals surface area contributed by atoms with Gasteiger partial charge in [0.05, 0.1) is 4.88 Å². The SMILES string of the molecule is O=C(NCc1cc(Cl)ccc1Cl)c1nc(-c2cccs2)[nH]c(=O)c1O. The molecule has 0 saturated carbocycles. The van der Waals surface area contributed by atoms with E-state index in [4.69, 9.17) is 23.2 Å². The van der Waals surface area contributed by atoms with Crippen LogP contribution in [0.4, 0.5) is 0 Å². The van der Waals surface area contributed by atoms with Crippen LogP contribution < -0.4 is 10.9 Å². The number of rotatable bonds is 4. The standard InChI is InChI=1S/C16H11Cl2N3O3S/c17-9-3-4-10(18)8(6-9)7-19-15(23)12-13(22)16(24)21-14(20-12)11-2-1-5-25-11/h1-6,22H,7H2,(H,19,23)(H,20,21,24). The fourth-order valence-electron chi connectivity index (χ4n) is 2.09. The van der Waals surface area contributed by atoms with Crippen LogP contribution in [0.5, 0.6) is 5.75 Å². The highest BCUT2D eigenvalue weighted by Gasteiger charge is 2.19. The maximum Gasteiger partial charge on any atom is 0.294 e. The molecule has 0 radical (unpaired) electrons. The lowest BCUT2D eigenvalue weighted by atomic mass is 10.2. The average molecular weight is 396 g/mol. The van der Waals surface area contributed by atoms with Gasteiger partial charge in [-0.1, -0.05) is 29.3 Å². The van der Waals surface area contributed by atoms with E-state index in [1.54, 1.807) is 30.3 Å². The molecule has 9 heteroatoms. The maximum absolute atomic E-state index is 12.4. The summed E-state index contributed by atoms with van der Waals surface area (Å²) < 4.78 is 0. The number of thiophene rings is 1. The first kappa shape index (κ1) is 17.5. The topological polar surface area (TPSA) is 95.1 Å². The first-order chi connectivity index (χ1) is 12.0. The van der Waals surface area contributed by atoms with Gasteiger partial charge < -0.3 is 15.4 Å². The van der Waals surface area contributed by atoms with E-state index in [0.29, 0.717) is 20.5 Å². The Labute approximate surface area is 156 Å². The minimum atomic E-state index is -0.788. The van der Waals surface area contributed by atoms with Crippen molar-refractivity contribution in [1.82, 2.24) is 15.3 Å². The number of hydrogen-bond donors (Lipinski definition) is 3. The molecule has 2 heterocycles.